The summed E-state index contributed by atoms with van der Waals surface area (Å²) < 4.78 is 5.56. The summed E-state index contributed by atoms with van der Waals surface area (Å²) in [5, 5.41) is 3.41. The van der Waals surface area contributed by atoms with Gasteiger partial charge < -0.3 is 10.1 Å². The molecule has 0 saturated heterocycles. The topological polar surface area (TPSA) is 21.3 Å². The fourth-order valence-electron chi connectivity index (χ4n) is 1.10. The van der Waals surface area contributed by atoms with E-state index >= 15 is 0 Å². The van der Waals surface area contributed by atoms with Crippen LogP contribution in [0.2, 0.25) is 0 Å². The molecule has 2 nitrogen and oxygen atoms in total. The highest BCUT2D eigenvalue weighted by Crippen LogP contribution is 1.97. The molecule has 0 spiro atoms. The average molecular weight is 187 g/mol. The third kappa shape index (κ3) is 9.84. The van der Waals surface area contributed by atoms with Gasteiger partial charge in [-0.2, -0.15) is 0 Å². The molecule has 0 aliphatic rings. The maximum atomic E-state index is 5.56. The van der Waals surface area contributed by atoms with Gasteiger partial charge in [0.1, 0.15) is 0 Å². The van der Waals surface area contributed by atoms with E-state index in [1.165, 1.54) is 0 Å². The summed E-state index contributed by atoms with van der Waals surface area (Å²) in [5.74, 6) is 0.742. The van der Waals surface area contributed by atoms with Gasteiger partial charge in [0, 0.05) is 6.61 Å². The third-order valence-corrected chi connectivity index (χ3v) is 1.89. The molecule has 0 bridgehead atoms. The predicted molar refractivity (Wildman–Crippen MR) is 58.0 cm³/mol. The van der Waals surface area contributed by atoms with Crippen LogP contribution < -0.4 is 5.32 Å². The zero-order chi connectivity index (χ0) is 10.1. The van der Waals surface area contributed by atoms with Crippen LogP contribution in [0.4, 0.5) is 0 Å². The Morgan fingerprint density at radius 3 is 2.46 bits per heavy atom. The van der Waals surface area contributed by atoms with Crippen LogP contribution in [0.5, 0.6) is 0 Å². The van der Waals surface area contributed by atoms with Gasteiger partial charge in [0.05, 0.1) is 6.10 Å². The van der Waals surface area contributed by atoms with Crippen LogP contribution in [0, 0.1) is 5.92 Å². The molecule has 0 aromatic rings. The van der Waals surface area contributed by atoms with E-state index < -0.39 is 0 Å². The van der Waals surface area contributed by atoms with Crippen molar-refractivity contribution in [3.63, 3.8) is 0 Å². The molecule has 1 atom stereocenters. The molecule has 1 unspecified atom stereocenters. The van der Waals surface area contributed by atoms with Crippen molar-refractivity contribution in [3.8, 4) is 0 Å². The van der Waals surface area contributed by atoms with Crippen LogP contribution in [0.25, 0.3) is 0 Å². The lowest BCUT2D eigenvalue weighted by atomic mass is 10.2. The van der Waals surface area contributed by atoms with Crippen molar-refractivity contribution in [3.05, 3.63) is 0 Å². The molecule has 1 N–H and O–H groups in total. The monoisotopic (exact) mass is 187 g/mol. The molecule has 0 aliphatic heterocycles. The standard InChI is InChI=1S/C11H25NO/c1-5-8-13-11(4)6-7-12-9-10(2)3/h10-12H,5-9H2,1-4H3. The van der Waals surface area contributed by atoms with E-state index in [1.807, 2.05) is 0 Å². The number of hydrogen-bond acceptors (Lipinski definition) is 2. The van der Waals surface area contributed by atoms with E-state index in [2.05, 4.69) is 33.0 Å². The quantitative estimate of drug-likeness (QED) is 0.589. The van der Waals surface area contributed by atoms with E-state index in [0.717, 1.165) is 38.5 Å². The highest BCUT2D eigenvalue weighted by molar-refractivity contribution is 4.56. The number of hydrogen-bond donors (Lipinski definition) is 1. The fourth-order valence-corrected chi connectivity index (χ4v) is 1.10. The minimum absolute atomic E-state index is 0.402. The molecule has 0 aromatic heterocycles. The Bertz CT molecular complexity index is 104. The molecular formula is C11H25NO. The molecule has 2 heteroatoms. The first kappa shape index (κ1) is 12.9. The number of rotatable bonds is 8. The van der Waals surface area contributed by atoms with Gasteiger partial charge in [0.15, 0.2) is 0 Å². The second kappa shape index (κ2) is 8.52. The lowest BCUT2D eigenvalue weighted by molar-refractivity contribution is 0.0608. The van der Waals surface area contributed by atoms with Crippen molar-refractivity contribution >= 4 is 0 Å². The van der Waals surface area contributed by atoms with Gasteiger partial charge >= 0.3 is 0 Å². The van der Waals surface area contributed by atoms with E-state index in [-0.39, 0.29) is 0 Å². The van der Waals surface area contributed by atoms with Crippen LogP contribution in [0.3, 0.4) is 0 Å². The fraction of sp³-hybridized carbons (Fsp3) is 1.00. The van der Waals surface area contributed by atoms with Crippen LogP contribution in [0.1, 0.15) is 40.5 Å². The summed E-state index contributed by atoms with van der Waals surface area (Å²) >= 11 is 0. The van der Waals surface area contributed by atoms with Crippen LogP contribution in [0.15, 0.2) is 0 Å². The average Bonchev–Trinajstić information content (AvgIpc) is 2.08. The summed E-state index contributed by atoms with van der Waals surface area (Å²) in [6.07, 6.45) is 2.64. The zero-order valence-electron chi connectivity index (χ0n) is 9.60. The first-order chi connectivity index (χ1) is 6.16. The summed E-state index contributed by atoms with van der Waals surface area (Å²) in [6.45, 7) is 11.8. The van der Waals surface area contributed by atoms with Gasteiger partial charge in [-0.1, -0.05) is 20.8 Å². The Labute approximate surface area is 83.1 Å². The zero-order valence-corrected chi connectivity index (χ0v) is 9.60. The van der Waals surface area contributed by atoms with Gasteiger partial charge in [-0.15, -0.1) is 0 Å². The van der Waals surface area contributed by atoms with E-state index in [1.54, 1.807) is 0 Å². The second-order valence-corrected chi connectivity index (χ2v) is 4.07. The van der Waals surface area contributed by atoms with Crippen molar-refractivity contribution in [1.29, 1.82) is 0 Å². The molecule has 0 aliphatic carbocycles. The molecule has 0 saturated carbocycles. The third-order valence-electron chi connectivity index (χ3n) is 1.89. The summed E-state index contributed by atoms with van der Waals surface area (Å²) in [7, 11) is 0. The van der Waals surface area contributed by atoms with Crippen molar-refractivity contribution in [2.45, 2.75) is 46.6 Å². The molecule has 0 radical (unpaired) electrons. The first-order valence-electron chi connectivity index (χ1n) is 5.49. The van der Waals surface area contributed by atoms with Crippen molar-refractivity contribution in [2.24, 2.45) is 5.92 Å². The van der Waals surface area contributed by atoms with Gasteiger partial charge in [0.2, 0.25) is 0 Å². The van der Waals surface area contributed by atoms with Gasteiger partial charge in [-0.3, -0.25) is 0 Å². The maximum absolute atomic E-state index is 5.56. The van der Waals surface area contributed by atoms with Gasteiger partial charge in [-0.05, 0) is 38.8 Å². The smallest absolute Gasteiger partial charge is 0.0559 e. The first-order valence-corrected chi connectivity index (χ1v) is 5.49. The molecule has 0 fully saturated rings. The van der Waals surface area contributed by atoms with Crippen molar-refractivity contribution in [1.82, 2.24) is 5.32 Å². The Morgan fingerprint density at radius 1 is 1.23 bits per heavy atom. The number of ether oxygens (including phenoxy) is 1. The lowest BCUT2D eigenvalue weighted by Gasteiger charge is -2.13. The molecule has 0 heterocycles. The van der Waals surface area contributed by atoms with Crippen LogP contribution in [-0.2, 0) is 4.74 Å². The largest absolute Gasteiger partial charge is 0.378 e. The van der Waals surface area contributed by atoms with Crippen molar-refractivity contribution in [2.75, 3.05) is 19.7 Å². The Kier molecular flexibility index (Phi) is 8.46. The Hall–Kier alpha value is -0.0800. The molecule has 80 valence electrons. The molecule has 0 amide bonds. The minimum atomic E-state index is 0.402. The molecular weight excluding hydrogens is 162 g/mol. The van der Waals surface area contributed by atoms with Gasteiger partial charge in [-0.25, -0.2) is 0 Å². The van der Waals surface area contributed by atoms with E-state index in [0.29, 0.717) is 6.10 Å². The van der Waals surface area contributed by atoms with E-state index in [9.17, 15) is 0 Å². The predicted octanol–water partition coefficient (Wildman–Crippen LogP) is 2.44. The minimum Gasteiger partial charge on any atom is -0.378 e. The maximum Gasteiger partial charge on any atom is 0.0559 e. The van der Waals surface area contributed by atoms with Crippen LogP contribution in [-0.4, -0.2) is 25.8 Å². The highest BCUT2D eigenvalue weighted by Gasteiger charge is 2.00. The normalized spacial score (nSPS) is 13.6. The van der Waals surface area contributed by atoms with Gasteiger partial charge in [0.25, 0.3) is 0 Å². The number of nitrogens with one attached hydrogen (secondary N) is 1. The summed E-state index contributed by atoms with van der Waals surface area (Å²) in [6, 6.07) is 0. The Balaban J connectivity index is 3.12. The highest BCUT2D eigenvalue weighted by atomic mass is 16.5. The summed E-state index contributed by atoms with van der Waals surface area (Å²) in [4.78, 5) is 0. The van der Waals surface area contributed by atoms with Crippen LogP contribution >= 0.6 is 0 Å². The SMILES string of the molecule is CCCOC(C)CCNCC(C)C. The molecule has 0 aromatic carbocycles. The van der Waals surface area contributed by atoms with E-state index in [4.69, 9.17) is 4.74 Å². The van der Waals surface area contributed by atoms with Crippen molar-refractivity contribution < 1.29 is 4.74 Å². The molecule has 13 heavy (non-hydrogen) atoms. The molecule has 0 rings (SSSR count). The lowest BCUT2D eigenvalue weighted by Crippen LogP contribution is -2.24. The second-order valence-electron chi connectivity index (χ2n) is 4.07. The Morgan fingerprint density at radius 2 is 1.92 bits per heavy atom. The summed E-state index contributed by atoms with van der Waals surface area (Å²) in [5.41, 5.74) is 0.